The molecule has 0 bridgehead atoms. The number of rotatable bonds is 8. The van der Waals surface area contributed by atoms with Crippen LogP contribution in [0.2, 0.25) is 0 Å². The number of hydrogen-bond acceptors (Lipinski definition) is 5. The summed E-state index contributed by atoms with van der Waals surface area (Å²) in [5, 5.41) is 7.57. The Labute approximate surface area is 167 Å². The number of para-hydroxylation sites is 1. The van der Waals surface area contributed by atoms with Gasteiger partial charge < -0.3 is 20.1 Å². The Morgan fingerprint density at radius 2 is 2.15 bits per heavy atom. The van der Waals surface area contributed by atoms with Crippen LogP contribution in [0, 0.1) is 0 Å². The molecule has 150 valence electrons. The highest BCUT2D eigenvalue weighted by atomic mass is 32.2. The summed E-state index contributed by atoms with van der Waals surface area (Å²) in [7, 11) is 1.82. The molecule has 2 saturated heterocycles. The highest BCUT2D eigenvalue weighted by Crippen LogP contribution is 2.25. The minimum atomic E-state index is 0.697. The second-order valence-electron chi connectivity index (χ2n) is 6.85. The van der Waals surface area contributed by atoms with Crippen LogP contribution in [0.25, 0.3) is 0 Å². The first-order chi connectivity index (χ1) is 13.3. The summed E-state index contributed by atoms with van der Waals surface area (Å²) in [6.45, 7) is 6.95. The molecule has 0 aromatic heterocycles. The van der Waals surface area contributed by atoms with Gasteiger partial charge in [-0.25, -0.2) is 0 Å². The highest BCUT2D eigenvalue weighted by molar-refractivity contribution is 8.00. The van der Waals surface area contributed by atoms with Crippen molar-refractivity contribution in [1.29, 1.82) is 0 Å². The third kappa shape index (κ3) is 6.90. The lowest BCUT2D eigenvalue weighted by Crippen LogP contribution is -2.40. The van der Waals surface area contributed by atoms with Gasteiger partial charge in [0.15, 0.2) is 5.96 Å². The number of aliphatic imine (C=N–C) groups is 1. The lowest BCUT2D eigenvalue weighted by molar-refractivity contribution is 0.0322. The fraction of sp³-hybridized carbons (Fsp3) is 0.650. The molecule has 7 heteroatoms. The Balaban J connectivity index is 1.43. The molecule has 0 amide bonds. The monoisotopic (exact) mass is 392 g/mol. The van der Waals surface area contributed by atoms with Gasteiger partial charge >= 0.3 is 0 Å². The molecular formula is C20H32N4O2S. The molecule has 2 N–H and O–H groups in total. The lowest BCUT2D eigenvalue weighted by atomic mass is 10.2. The lowest BCUT2D eigenvalue weighted by Gasteiger charge is -2.26. The van der Waals surface area contributed by atoms with Gasteiger partial charge in [-0.15, -0.1) is 0 Å². The number of nitrogens with one attached hydrogen (secondary N) is 2. The Morgan fingerprint density at radius 3 is 2.93 bits per heavy atom. The van der Waals surface area contributed by atoms with Crippen LogP contribution in [0.3, 0.4) is 0 Å². The standard InChI is InChI=1S/C20H32N4O2S/c1-21-20(23-16-18-6-4-14-27-18)22-15-17-5-2-3-7-19(17)26-13-10-24-8-11-25-12-9-24/h2-3,5,7,18H,4,6,8-16H2,1H3,(H2,21,22,23). The molecule has 1 aromatic rings. The van der Waals surface area contributed by atoms with Crippen molar-refractivity contribution < 1.29 is 9.47 Å². The topological polar surface area (TPSA) is 58.1 Å². The summed E-state index contributed by atoms with van der Waals surface area (Å²) in [6.07, 6.45) is 2.63. The van der Waals surface area contributed by atoms with Crippen molar-refractivity contribution in [2.24, 2.45) is 4.99 Å². The van der Waals surface area contributed by atoms with Gasteiger partial charge in [0, 0.05) is 50.6 Å². The maximum atomic E-state index is 6.06. The number of morpholine rings is 1. The predicted molar refractivity (Wildman–Crippen MR) is 113 cm³/mol. The zero-order chi connectivity index (χ0) is 18.7. The average molecular weight is 393 g/mol. The molecule has 0 spiro atoms. The van der Waals surface area contributed by atoms with E-state index >= 15 is 0 Å². The Bertz CT molecular complexity index is 587. The number of hydrogen-bond donors (Lipinski definition) is 2. The first kappa shape index (κ1) is 20.3. The number of benzene rings is 1. The number of thioether (sulfide) groups is 1. The van der Waals surface area contributed by atoms with Gasteiger partial charge in [-0.1, -0.05) is 18.2 Å². The van der Waals surface area contributed by atoms with E-state index in [1.165, 1.54) is 18.6 Å². The van der Waals surface area contributed by atoms with Crippen LogP contribution in [-0.2, 0) is 11.3 Å². The number of ether oxygens (including phenoxy) is 2. The Kier molecular flexibility index (Phi) is 8.58. The van der Waals surface area contributed by atoms with Gasteiger partial charge in [0.2, 0.25) is 0 Å². The molecular weight excluding hydrogens is 360 g/mol. The van der Waals surface area contributed by atoms with E-state index in [4.69, 9.17) is 9.47 Å². The van der Waals surface area contributed by atoms with Gasteiger partial charge in [-0.2, -0.15) is 11.8 Å². The summed E-state index contributed by atoms with van der Waals surface area (Å²) in [5.74, 6) is 3.08. The molecule has 0 saturated carbocycles. The fourth-order valence-electron chi connectivity index (χ4n) is 3.32. The summed E-state index contributed by atoms with van der Waals surface area (Å²) < 4.78 is 11.5. The van der Waals surface area contributed by atoms with Crippen LogP contribution < -0.4 is 15.4 Å². The second-order valence-corrected chi connectivity index (χ2v) is 8.26. The number of guanidine groups is 1. The van der Waals surface area contributed by atoms with Gasteiger partial charge in [0.1, 0.15) is 12.4 Å². The maximum Gasteiger partial charge on any atom is 0.191 e. The molecule has 6 nitrogen and oxygen atoms in total. The zero-order valence-corrected chi connectivity index (χ0v) is 17.1. The SMILES string of the molecule is CN=C(NCc1ccccc1OCCN1CCOCC1)NCC1CCCS1. The molecule has 2 aliphatic heterocycles. The zero-order valence-electron chi connectivity index (χ0n) is 16.3. The molecule has 2 fully saturated rings. The van der Waals surface area contributed by atoms with E-state index in [2.05, 4.69) is 44.4 Å². The summed E-state index contributed by atoms with van der Waals surface area (Å²) in [6, 6.07) is 8.23. The van der Waals surface area contributed by atoms with E-state index in [9.17, 15) is 0 Å². The minimum absolute atomic E-state index is 0.697. The average Bonchev–Trinajstić information content (AvgIpc) is 3.23. The highest BCUT2D eigenvalue weighted by Gasteiger charge is 2.15. The smallest absolute Gasteiger partial charge is 0.191 e. The quantitative estimate of drug-likeness (QED) is 0.521. The van der Waals surface area contributed by atoms with Crippen molar-refractivity contribution in [2.45, 2.75) is 24.6 Å². The van der Waals surface area contributed by atoms with Crippen LogP contribution >= 0.6 is 11.8 Å². The third-order valence-electron chi connectivity index (χ3n) is 4.93. The molecule has 3 rings (SSSR count). The van der Waals surface area contributed by atoms with Gasteiger partial charge in [-0.05, 0) is 24.7 Å². The summed E-state index contributed by atoms with van der Waals surface area (Å²) >= 11 is 2.06. The van der Waals surface area contributed by atoms with Gasteiger partial charge in [0.25, 0.3) is 0 Å². The summed E-state index contributed by atoms with van der Waals surface area (Å²) in [4.78, 5) is 6.73. The van der Waals surface area contributed by atoms with Crippen molar-refractivity contribution in [1.82, 2.24) is 15.5 Å². The van der Waals surface area contributed by atoms with E-state index in [0.29, 0.717) is 18.4 Å². The van der Waals surface area contributed by atoms with E-state index in [0.717, 1.165) is 56.7 Å². The first-order valence-electron chi connectivity index (χ1n) is 9.92. The van der Waals surface area contributed by atoms with Gasteiger partial charge in [0.05, 0.1) is 13.2 Å². The van der Waals surface area contributed by atoms with E-state index < -0.39 is 0 Å². The summed E-state index contributed by atoms with van der Waals surface area (Å²) in [5.41, 5.74) is 1.15. The van der Waals surface area contributed by atoms with E-state index in [1.807, 2.05) is 19.2 Å². The van der Waals surface area contributed by atoms with Crippen molar-refractivity contribution >= 4 is 17.7 Å². The molecule has 0 radical (unpaired) electrons. The Hall–Kier alpha value is -1.44. The molecule has 1 aromatic carbocycles. The van der Waals surface area contributed by atoms with Crippen molar-refractivity contribution in [3.63, 3.8) is 0 Å². The van der Waals surface area contributed by atoms with Crippen LogP contribution in [-0.4, -0.2) is 74.9 Å². The predicted octanol–water partition coefficient (Wildman–Crippen LogP) is 1.96. The molecule has 27 heavy (non-hydrogen) atoms. The molecule has 1 unspecified atom stereocenters. The second kappa shape index (κ2) is 11.4. The molecule has 2 heterocycles. The minimum Gasteiger partial charge on any atom is -0.492 e. The van der Waals surface area contributed by atoms with Crippen LogP contribution in [0.1, 0.15) is 18.4 Å². The first-order valence-corrected chi connectivity index (χ1v) is 11.0. The van der Waals surface area contributed by atoms with Gasteiger partial charge in [-0.3, -0.25) is 9.89 Å². The normalized spacial score (nSPS) is 21.2. The third-order valence-corrected chi connectivity index (χ3v) is 6.33. The maximum absolute atomic E-state index is 6.06. The van der Waals surface area contributed by atoms with Crippen LogP contribution in [0.4, 0.5) is 0 Å². The van der Waals surface area contributed by atoms with Crippen molar-refractivity contribution in [2.75, 3.05) is 58.8 Å². The largest absolute Gasteiger partial charge is 0.492 e. The van der Waals surface area contributed by atoms with Crippen LogP contribution in [0.15, 0.2) is 29.3 Å². The van der Waals surface area contributed by atoms with Crippen molar-refractivity contribution in [3.8, 4) is 5.75 Å². The molecule has 0 aliphatic carbocycles. The van der Waals surface area contributed by atoms with E-state index in [1.54, 1.807) is 0 Å². The Morgan fingerprint density at radius 1 is 1.30 bits per heavy atom. The number of nitrogens with zero attached hydrogens (tertiary/aromatic N) is 2. The van der Waals surface area contributed by atoms with Crippen LogP contribution in [0.5, 0.6) is 5.75 Å². The fourth-order valence-corrected chi connectivity index (χ4v) is 4.52. The van der Waals surface area contributed by atoms with E-state index in [-0.39, 0.29) is 0 Å². The van der Waals surface area contributed by atoms with Crippen molar-refractivity contribution in [3.05, 3.63) is 29.8 Å². The molecule has 2 aliphatic rings. The molecule has 1 atom stereocenters.